The Morgan fingerprint density at radius 3 is 2.58 bits per heavy atom. The molecular formula is C16H17N5O2S. The Bertz CT molecular complexity index is 884. The lowest BCUT2D eigenvalue weighted by Crippen LogP contribution is -2.09. The van der Waals surface area contributed by atoms with Gasteiger partial charge in [-0.25, -0.2) is 13.4 Å². The van der Waals surface area contributed by atoms with E-state index in [-0.39, 0.29) is 4.90 Å². The van der Waals surface area contributed by atoms with E-state index >= 15 is 0 Å². The number of hydrogen-bond donors (Lipinski definition) is 2. The summed E-state index contributed by atoms with van der Waals surface area (Å²) in [4.78, 5) is 8.70. The van der Waals surface area contributed by atoms with Crippen LogP contribution in [0.5, 0.6) is 0 Å². The molecule has 0 radical (unpaired) electrons. The number of nitrogens with one attached hydrogen (secondary N) is 2. The number of rotatable bonds is 6. The third kappa shape index (κ3) is 4.00. The first kappa shape index (κ1) is 16.2. The second-order valence-corrected chi connectivity index (χ2v) is 7.83. The van der Waals surface area contributed by atoms with Gasteiger partial charge in [0.1, 0.15) is 17.5 Å². The molecule has 2 N–H and O–H groups in total. The summed E-state index contributed by atoms with van der Waals surface area (Å²) < 4.78 is 22.9. The zero-order chi connectivity index (χ0) is 17.2. The monoisotopic (exact) mass is 343 g/mol. The van der Waals surface area contributed by atoms with Crippen molar-refractivity contribution in [1.29, 1.82) is 5.26 Å². The molecule has 0 amide bonds. The molecule has 0 unspecified atom stereocenters. The number of hydrogen-bond acceptors (Lipinski definition) is 7. The van der Waals surface area contributed by atoms with Gasteiger partial charge in [-0.3, -0.25) is 0 Å². The zero-order valence-corrected chi connectivity index (χ0v) is 14.0. The van der Waals surface area contributed by atoms with Crippen LogP contribution in [-0.2, 0) is 9.84 Å². The van der Waals surface area contributed by atoms with Crippen LogP contribution in [0.1, 0.15) is 18.4 Å². The van der Waals surface area contributed by atoms with E-state index in [1.165, 1.54) is 31.2 Å². The normalized spacial score (nSPS) is 14.0. The van der Waals surface area contributed by atoms with Gasteiger partial charge in [-0.1, -0.05) is 0 Å². The molecule has 24 heavy (non-hydrogen) atoms. The summed E-state index contributed by atoms with van der Waals surface area (Å²) in [5.74, 6) is 1.51. The summed E-state index contributed by atoms with van der Waals surface area (Å²) in [7, 11) is -3.22. The fraction of sp³-hybridized carbons (Fsp3) is 0.312. The first-order chi connectivity index (χ1) is 11.5. The second kappa shape index (κ2) is 6.45. The van der Waals surface area contributed by atoms with Crippen LogP contribution in [0.3, 0.4) is 0 Å². The largest absolute Gasteiger partial charge is 0.369 e. The molecule has 1 saturated carbocycles. The van der Waals surface area contributed by atoms with Gasteiger partial charge in [0.2, 0.25) is 5.95 Å². The van der Waals surface area contributed by atoms with Crippen LogP contribution in [-0.4, -0.2) is 31.2 Å². The fourth-order valence-corrected chi connectivity index (χ4v) is 2.77. The van der Waals surface area contributed by atoms with Crippen molar-refractivity contribution in [3.63, 3.8) is 0 Å². The van der Waals surface area contributed by atoms with E-state index in [1.54, 1.807) is 12.1 Å². The van der Waals surface area contributed by atoms with Crippen LogP contribution in [0.2, 0.25) is 0 Å². The van der Waals surface area contributed by atoms with Crippen LogP contribution >= 0.6 is 0 Å². The molecule has 1 aliphatic rings. The molecule has 3 rings (SSSR count). The summed E-state index contributed by atoms with van der Waals surface area (Å²) in [5, 5.41) is 15.3. The van der Waals surface area contributed by atoms with Gasteiger partial charge in [0.05, 0.1) is 11.1 Å². The maximum absolute atomic E-state index is 11.5. The third-order valence-corrected chi connectivity index (χ3v) is 4.83. The van der Waals surface area contributed by atoms with Crippen LogP contribution < -0.4 is 10.6 Å². The summed E-state index contributed by atoms with van der Waals surface area (Å²) in [5.41, 5.74) is 1.06. The van der Waals surface area contributed by atoms with Crippen LogP contribution in [0.4, 0.5) is 17.5 Å². The van der Waals surface area contributed by atoms with Crippen LogP contribution in [0, 0.1) is 17.2 Å². The van der Waals surface area contributed by atoms with E-state index < -0.39 is 9.84 Å². The summed E-state index contributed by atoms with van der Waals surface area (Å²) in [6.07, 6.45) is 5.04. The molecule has 1 heterocycles. The van der Waals surface area contributed by atoms with Gasteiger partial charge in [-0.2, -0.15) is 10.2 Å². The van der Waals surface area contributed by atoms with Crippen molar-refractivity contribution in [2.45, 2.75) is 17.7 Å². The van der Waals surface area contributed by atoms with Crippen molar-refractivity contribution in [3.05, 3.63) is 36.0 Å². The Balaban J connectivity index is 1.76. The minimum absolute atomic E-state index is 0.251. The van der Waals surface area contributed by atoms with Gasteiger partial charge < -0.3 is 10.6 Å². The lowest BCUT2D eigenvalue weighted by atomic mass is 10.3. The maximum Gasteiger partial charge on any atom is 0.229 e. The molecule has 124 valence electrons. The highest BCUT2D eigenvalue weighted by atomic mass is 32.2. The molecule has 1 aliphatic carbocycles. The van der Waals surface area contributed by atoms with Crippen molar-refractivity contribution in [3.8, 4) is 6.07 Å². The standard InChI is InChI=1S/C16H17N5O2S/c1-24(22,23)14-6-4-13(5-7-14)20-16-19-10-12(8-17)15(21-16)18-9-11-2-3-11/h4-7,10-11H,2-3,9H2,1H3,(H2,18,19,20,21). The van der Waals surface area contributed by atoms with E-state index in [2.05, 4.69) is 26.7 Å². The molecule has 0 bridgehead atoms. The Morgan fingerprint density at radius 1 is 1.29 bits per heavy atom. The van der Waals surface area contributed by atoms with E-state index in [1.807, 2.05) is 0 Å². The Kier molecular flexibility index (Phi) is 4.36. The SMILES string of the molecule is CS(=O)(=O)c1ccc(Nc2ncc(C#N)c(NCC3CC3)n2)cc1. The molecule has 0 spiro atoms. The van der Waals surface area contributed by atoms with E-state index in [0.717, 1.165) is 12.8 Å². The lowest BCUT2D eigenvalue weighted by molar-refractivity contribution is 0.602. The van der Waals surface area contributed by atoms with Gasteiger partial charge >= 0.3 is 0 Å². The average Bonchev–Trinajstić information content (AvgIpc) is 3.37. The number of benzene rings is 1. The molecule has 1 aromatic heterocycles. The highest BCUT2D eigenvalue weighted by molar-refractivity contribution is 7.90. The molecule has 2 aromatic rings. The number of nitrogens with zero attached hydrogens (tertiary/aromatic N) is 3. The molecule has 7 nitrogen and oxygen atoms in total. The molecule has 8 heteroatoms. The van der Waals surface area contributed by atoms with Crippen molar-refractivity contribution in [1.82, 2.24) is 9.97 Å². The molecule has 1 aromatic carbocycles. The topological polar surface area (TPSA) is 108 Å². The van der Waals surface area contributed by atoms with Gasteiger partial charge in [0.25, 0.3) is 0 Å². The first-order valence-electron chi connectivity index (χ1n) is 7.54. The van der Waals surface area contributed by atoms with Crippen molar-refractivity contribution < 1.29 is 8.42 Å². The van der Waals surface area contributed by atoms with Crippen molar-refractivity contribution in [2.75, 3.05) is 23.4 Å². The van der Waals surface area contributed by atoms with E-state index in [9.17, 15) is 8.42 Å². The predicted molar refractivity (Wildman–Crippen MR) is 90.8 cm³/mol. The Morgan fingerprint density at radius 2 is 2.00 bits per heavy atom. The minimum Gasteiger partial charge on any atom is -0.369 e. The maximum atomic E-state index is 11.5. The predicted octanol–water partition coefficient (Wildman–Crippen LogP) is 2.32. The average molecular weight is 343 g/mol. The summed E-state index contributed by atoms with van der Waals surface area (Å²) >= 11 is 0. The quantitative estimate of drug-likeness (QED) is 0.828. The summed E-state index contributed by atoms with van der Waals surface area (Å²) in [6, 6.07) is 8.41. The zero-order valence-electron chi connectivity index (χ0n) is 13.2. The number of sulfone groups is 1. The summed E-state index contributed by atoms with van der Waals surface area (Å²) in [6.45, 7) is 0.800. The van der Waals surface area contributed by atoms with Gasteiger partial charge in [0.15, 0.2) is 9.84 Å². The van der Waals surface area contributed by atoms with Crippen LogP contribution in [0.25, 0.3) is 0 Å². The molecule has 0 aliphatic heterocycles. The van der Waals surface area contributed by atoms with E-state index in [0.29, 0.717) is 28.9 Å². The second-order valence-electron chi connectivity index (χ2n) is 5.81. The first-order valence-corrected chi connectivity index (χ1v) is 9.43. The molecule has 0 saturated heterocycles. The lowest BCUT2D eigenvalue weighted by Gasteiger charge is -2.10. The van der Waals surface area contributed by atoms with E-state index in [4.69, 9.17) is 5.26 Å². The van der Waals surface area contributed by atoms with Gasteiger partial charge in [-0.15, -0.1) is 0 Å². The Hall–Kier alpha value is -2.66. The van der Waals surface area contributed by atoms with Crippen molar-refractivity contribution in [2.24, 2.45) is 5.92 Å². The number of aromatic nitrogens is 2. The molecular weight excluding hydrogens is 326 g/mol. The van der Waals surface area contributed by atoms with Crippen LogP contribution in [0.15, 0.2) is 35.4 Å². The minimum atomic E-state index is -3.22. The number of nitriles is 1. The van der Waals surface area contributed by atoms with Gasteiger partial charge in [0, 0.05) is 18.5 Å². The number of anilines is 3. The van der Waals surface area contributed by atoms with Gasteiger partial charge in [-0.05, 0) is 43.0 Å². The Labute approximate surface area is 140 Å². The third-order valence-electron chi connectivity index (χ3n) is 3.70. The van der Waals surface area contributed by atoms with Crippen molar-refractivity contribution >= 4 is 27.3 Å². The highest BCUT2D eigenvalue weighted by Gasteiger charge is 2.21. The smallest absolute Gasteiger partial charge is 0.229 e. The fourth-order valence-electron chi connectivity index (χ4n) is 2.14. The molecule has 1 fully saturated rings. The highest BCUT2D eigenvalue weighted by Crippen LogP contribution is 2.29. The molecule has 0 atom stereocenters.